The number of aryl methyl sites for hydroxylation is 1. The Hall–Kier alpha value is -2.03. The molecule has 132 valence electrons. The minimum atomic E-state index is -1.04. The Morgan fingerprint density at radius 2 is 1.68 bits per heavy atom. The summed E-state index contributed by atoms with van der Waals surface area (Å²) < 4.78 is 30.1. The standard InChI is InChI=1S/C21H22F2OSe/c1-6-16-9-11-17(12-10-16)19(8-3)21(23)20(22)14(4)15(5)25-18(7-2)13-24/h7-13H,4-6H2,1-3H3/b18-7-,19-8-,21-20-. The molecular weight excluding hydrogens is 385 g/mol. The van der Waals surface area contributed by atoms with E-state index in [0.29, 0.717) is 20.8 Å². The molecule has 0 aliphatic rings. The average Bonchev–Trinajstić information content (AvgIpc) is 2.65. The average molecular weight is 407 g/mol. The summed E-state index contributed by atoms with van der Waals surface area (Å²) in [4.78, 5) is 10.9. The van der Waals surface area contributed by atoms with Gasteiger partial charge in [-0.3, -0.25) is 0 Å². The molecule has 0 N–H and O–H groups in total. The van der Waals surface area contributed by atoms with Crippen molar-refractivity contribution in [3.8, 4) is 0 Å². The molecule has 1 aromatic rings. The summed E-state index contributed by atoms with van der Waals surface area (Å²) in [7, 11) is 0. The summed E-state index contributed by atoms with van der Waals surface area (Å²) >= 11 is -0.482. The normalized spacial score (nSPS) is 13.3. The van der Waals surface area contributed by atoms with E-state index >= 15 is 0 Å². The van der Waals surface area contributed by atoms with Gasteiger partial charge in [0.1, 0.15) is 0 Å². The van der Waals surface area contributed by atoms with Crippen LogP contribution < -0.4 is 0 Å². The Labute approximate surface area is 154 Å². The van der Waals surface area contributed by atoms with Crippen molar-refractivity contribution in [3.63, 3.8) is 0 Å². The van der Waals surface area contributed by atoms with Crippen LogP contribution in [0.2, 0.25) is 0 Å². The van der Waals surface area contributed by atoms with Crippen LogP contribution in [-0.2, 0) is 11.2 Å². The van der Waals surface area contributed by atoms with Gasteiger partial charge in [0.25, 0.3) is 0 Å². The molecule has 0 saturated carbocycles. The van der Waals surface area contributed by atoms with Gasteiger partial charge in [-0.15, -0.1) is 0 Å². The number of hydrogen-bond acceptors (Lipinski definition) is 1. The predicted octanol–water partition coefficient (Wildman–Crippen LogP) is 5.68. The minimum absolute atomic E-state index is 0.108. The Morgan fingerprint density at radius 3 is 2.12 bits per heavy atom. The predicted molar refractivity (Wildman–Crippen MR) is 103 cm³/mol. The van der Waals surface area contributed by atoms with Crippen LogP contribution in [0.1, 0.15) is 31.9 Å². The molecule has 0 amide bonds. The number of halogens is 2. The Balaban J connectivity index is 3.13. The number of allylic oxidation sites excluding steroid dienone is 8. The van der Waals surface area contributed by atoms with Crippen molar-refractivity contribution in [2.24, 2.45) is 0 Å². The van der Waals surface area contributed by atoms with E-state index in [9.17, 15) is 13.6 Å². The van der Waals surface area contributed by atoms with Gasteiger partial charge in [-0.2, -0.15) is 0 Å². The second kappa shape index (κ2) is 10.1. The molecule has 0 spiro atoms. The third-order valence-electron chi connectivity index (χ3n) is 3.63. The van der Waals surface area contributed by atoms with Crippen LogP contribution in [0.3, 0.4) is 0 Å². The van der Waals surface area contributed by atoms with E-state index in [4.69, 9.17) is 0 Å². The van der Waals surface area contributed by atoms with E-state index < -0.39 is 26.6 Å². The van der Waals surface area contributed by atoms with Crippen molar-refractivity contribution >= 4 is 26.8 Å². The molecule has 0 aromatic heterocycles. The van der Waals surface area contributed by atoms with Crippen LogP contribution >= 0.6 is 0 Å². The van der Waals surface area contributed by atoms with Crippen LogP contribution in [-0.4, -0.2) is 21.2 Å². The Kier molecular flexibility index (Phi) is 8.47. The molecule has 0 fully saturated rings. The van der Waals surface area contributed by atoms with Gasteiger partial charge in [0.05, 0.1) is 0 Å². The maximum absolute atomic E-state index is 14.7. The molecule has 1 rings (SSSR count). The Bertz CT molecular complexity index is 753. The number of carbonyl (C=O) groups is 1. The molecule has 0 saturated heterocycles. The fourth-order valence-corrected chi connectivity index (χ4v) is 3.46. The van der Waals surface area contributed by atoms with Gasteiger partial charge in [0.15, 0.2) is 0 Å². The van der Waals surface area contributed by atoms with E-state index in [1.807, 2.05) is 19.1 Å². The first kappa shape index (κ1) is 21.0. The number of benzene rings is 1. The van der Waals surface area contributed by atoms with Crippen molar-refractivity contribution in [1.29, 1.82) is 0 Å². The third kappa shape index (κ3) is 5.48. The van der Waals surface area contributed by atoms with Crippen molar-refractivity contribution in [3.05, 3.63) is 86.9 Å². The van der Waals surface area contributed by atoms with Gasteiger partial charge in [-0.1, -0.05) is 0 Å². The van der Waals surface area contributed by atoms with Crippen LogP contribution in [0, 0.1) is 0 Å². The first-order valence-electron chi connectivity index (χ1n) is 7.88. The van der Waals surface area contributed by atoms with E-state index in [1.165, 1.54) is 6.08 Å². The molecule has 4 heteroatoms. The van der Waals surface area contributed by atoms with Gasteiger partial charge in [0.2, 0.25) is 0 Å². The van der Waals surface area contributed by atoms with Crippen LogP contribution in [0.25, 0.3) is 5.57 Å². The molecule has 0 bridgehead atoms. The first-order chi connectivity index (χ1) is 11.9. The summed E-state index contributed by atoms with van der Waals surface area (Å²) in [5.74, 6) is -2.01. The molecular formula is C21H22F2OSe. The molecule has 0 atom stereocenters. The molecule has 25 heavy (non-hydrogen) atoms. The van der Waals surface area contributed by atoms with E-state index in [-0.39, 0.29) is 11.1 Å². The van der Waals surface area contributed by atoms with Crippen molar-refractivity contribution in [1.82, 2.24) is 0 Å². The van der Waals surface area contributed by atoms with Crippen molar-refractivity contribution < 1.29 is 13.6 Å². The second-order valence-corrected chi connectivity index (χ2v) is 7.64. The van der Waals surface area contributed by atoms with E-state index in [2.05, 4.69) is 13.2 Å². The van der Waals surface area contributed by atoms with E-state index in [0.717, 1.165) is 12.0 Å². The molecule has 0 aliphatic heterocycles. The summed E-state index contributed by atoms with van der Waals surface area (Å²) in [6.45, 7) is 12.7. The van der Waals surface area contributed by atoms with Crippen LogP contribution in [0.4, 0.5) is 8.78 Å². The Morgan fingerprint density at radius 1 is 1.08 bits per heavy atom. The van der Waals surface area contributed by atoms with Crippen LogP contribution in [0.15, 0.2) is 75.7 Å². The van der Waals surface area contributed by atoms with Crippen molar-refractivity contribution in [2.45, 2.75) is 27.2 Å². The molecule has 1 aromatic carbocycles. The molecule has 0 aliphatic carbocycles. The van der Waals surface area contributed by atoms with Gasteiger partial charge in [-0.25, -0.2) is 0 Å². The summed E-state index contributed by atoms with van der Waals surface area (Å²) in [6.07, 6.45) is 4.74. The van der Waals surface area contributed by atoms with E-state index in [1.54, 1.807) is 32.1 Å². The van der Waals surface area contributed by atoms with Crippen LogP contribution in [0.5, 0.6) is 0 Å². The molecule has 0 unspecified atom stereocenters. The van der Waals surface area contributed by atoms with Crippen molar-refractivity contribution in [2.75, 3.05) is 0 Å². The van der Waals surface area contributed by atoms with Gasteiger partial charge in [0, 0.05) is 0 Å². The fraction of sp³-hybridized carbons (Fsp3) is 0.190. The topological polar surface area (TPSA) is 17.1 Å². The quantitative estimate of drug-likeness (QED) is 0.235. The number of carbonyl (C=O) groups excluding carboxylic acids is 1. The zero-order valence-electron chi connectivity index (χ0n) is 14.7. The van der Waals surface area contributed by atoms with Gasteiger partial charge in [-0.05, 0) is 0 Å². The summed E-state index contributed by atoms with van der Waals surface area (Å²) in [6, 6.07) is 7.33. The number of aldehydes is 1. The molecule has 0 heterocycles. The zero-order chi connectivity index (χ0) is 19.0. The number of rotatable bonds is 8. The van der Waals surface area contributed by atoms with Gasteiger partial charge < -0.3 is 0 Å². The molecule has 1 nitrogen and oxygen atoms in total. The summed E-state index contributed by atoms with van der Waals surface area (Å²) in [5, 5.41) is 0. The van der Waals surface area contributed by atoms with Gasteiger partial charge >= 0.3 is 154 Å². The zero-order valence-corrected chi connectivity index (χ0v) is 16.4. The first-order valence-corrected chi connectivity index (χ1v) is 9.59. The SMILES string of the molecule is C=C([Se]/C(C=O)=C\C)C(=C)/C(F)=C(F)\C(=C/C)c1ccc(CC)cc1. The third-order valence-corrected chi connectivity index (χ3v) is 5.86. The second-order valence-electron chi connectivity index (χ2n) is 5.19. The fourth-order valence-electron chi connectivity index (χ4n) is 2.07. The molecule has 0 radical (unpaired) electrons. The maximum atomic E-state index is 14.7. The summed E-state index contributed by atoms with van der Waals surface area (Å²) in [5.41, 5.74) is 1.78. The monoisotopic (exact) mass is 408 g/mol. The number of hydrogen-bond donors (Lipinski definition) is 0.